The van der Waals surface area contributed by atoms with Crippen LogP contribution in [0.5, 0.6) is 0 Å². The van der Waals surface area contributed by atoms with Crippen molar-refractivity contribution in [3.05, 3.63) is 34.9 Å². The van der Waals surface area contributed by atoms with E-state index in [9.17, 15) is 4.79 Å². The molecule has 1 aromatic rings. The van der Waals surface area contributed by atoms with Gasteiger partial charge in [-0.2, -0.15) is 0 Å². The highest BCUT2D eigenvalue weighted by Gasteiger charge is 2.20. The van der Waals surface area contributed by atoms with Gasteiger partial charge in [0.15, 0.2) is 0 Å². The minimum Gasteiger partial charge on any atom is -0.444 e. The number of nitrogens with one attached hydrogen (secondary N) is 1. The number of rotatable bonds is 3. The van der Waals surface area contributed by atoms with Gasteiger partial charge in [0.2, 0.25) is 0 Å². The number of carbonyl (C=O) groups is 1. The first-order valence-electron chi connectivity index (χ1n) is 8.86. The number of carbonyl (C=O) groups excluding carboxylic acids is 1. The molecule has 0 spiro atoms. The molecule has 0 atom stereocenters. The molecule has 4 nitrogen and oxygen atoms in total. The molecule has 1 amide bonds. The maximum atomic E-state index is 11.7. The van der Waals surface area contributed by atoms with Crippen molar-refractivity contribution in [3.63, 3.8) is 0 Å². The van der Waals surface area contributed by atoms with Gasteiger partial charge in [-0.3, -0.25) is 4.90 Å². The number of ether oxygens (including phenoxy) is 1. The van der Waals surface area contributed by atoms with Crippen LogP contribution >= 0.6 is 0 Å². The van der Waals surface area contributed by atoms with Crippen molar-refractivity contribution in [2.24, 2.45) is 0 Å². The van der Waals surface area contributed by atoms with Gasteiger partial charge in [-0.15, -0.1) is 0 Å². The monoisotopic (exact) mass is 332 g/mol. The molecule has 1 aliphatic heterocycles. The molecular formula is C20H32N2O2. The molecule has 1 N–H and O–H groups in total. The number of benzene rings is 1. The van der Waals surface area contributed by atoms with E-state index in [1.807, 2.05) is 20.8 Å². The fraction of sp³-hybridized carbons (Fsp3) is 0.650. The van der Waals surface area contributed by atoms with Gasteiger partial charge >= 0.3 is 6.09 Å². The average Bonchev–Trinajstić information content (AvgIpc) is 2.43. The van der Waals surface area contributed by atoms with Crippen molar-refractivity contribution < 1.29 is 9.53 Å². The third-order valence-corrected chi connectivity index (χ3v) is 4.26. The highest BCUT2D eigenvalue weighted by Crippen LogP contribution is 2.27. The quantitative estimate of drug-likeness (QED) is 0.913. The van der Waals surface area contributed by atoms with Crippen LogP contribution < -0.4 is 5.32 Å². The summed E-state index contributed by atoms with van der Waals surface area (Å²) >= 11 is 0. The molecule has 0 saturated heterocycles. The fourth-order valence-corrected chi connectivity index (χ4v) is 2.90. The Labute approximate surface area is 146 Å². The second kappa shape index (κ2) is 7.14. The van der Waals surface area contributed by atoms with Crippen LogP contribution in [-0.4, -0.2) is 36.2 Å². The van der Waals surface area contributed by atoms with Crippen molar-refractivity contribution in [1.29, 1.82) is 0 Å². The maximum absolute atomic E-state index is 11.7. The lowest BCUT2D eigenvalue weighted by molar-refractivity contribution is 0.0521. The molecule has 1 aliphatic rings. The first-order chi connectivity index (χ1) is 11.0. The molecule has 0 unspecified atom stereocenters. The fourth-order valence-electron chi connectivity index (χ4n) is 2.90. The van der Waals surface area contributed by atoms with E-state index in [-0.39, 0.29) is 11.5 Å². The lowest BCUT2D eigenvalue weighted by atomic mass is 9.84. The van der Waals surface area contributed by atoms with Crippen molar-refractivity contribution in [2.75, 3.05) is 19.6 Å². The van der Waals surface area contributed by atoms with E-state index in [0.717, 1.165) is 26.1 Å². The van der Waals surface area contributed by atoms with Crippen LogP contribution in [0.25, 0.3) is 0 Å². The lowest BCUT2D eigenvalue weighted by Crippen LogP contribution is -2.39. The van der Waals surface area contributed by atoms with Crippen LogP contribution in [-0.2, 0) is 23.1 Å². The minimum atomic E-state index is -0.447. The Bertz CT molecular complexity index is 582. The number of hydrogen-bond acceptors (Lipinski definition) is 3. The number of fused-ring (bicyclic) bond motifs is 1. The molecule has 1 heterocycles. The van der Waals surface area contributed by atoms with E-state index >= 15 is 0 Å². The van der Waals surface area contributed by atoms with Crippen LogP contribution in [0.15, 0.2) is 18.2 Å². The third-order valence-electron chi connectivity index (χ3n) is 4.26. The third kappa shape index (κ3) is 5.52. The van der Waals surface area contributed by atoms with E-state index in [1.54, 1.807) is 0 Å². The number of amides is 1. The molecule has 0 bridgehead atoms. The van der Waals surface area contributed by atoms with Crippen LogP contribution in [0.2, 0.25) is 0 Å². The Morgan fingerprint density at radius 2 is 1.88 bits per heavy atom. The van der Waals surface area contributed by atoms with Crippen LogP contribution in [0.4, 0.5) is 4.79 Å². The maximum Gasteiger partial charge on any atom is 0.407 e. The zero-order valence-corrected chi connectivity index (χ0v) is 16.0. The standard InChI is InChI=1S/C20H32N2O2/c1-19(2,3)17-8-7-15-9-11-22(14-16(15)13-17)12-10-21-18(23)24-20(4,5)6/h7-8,13H,9-12,14H2,1-6H3,(H,21,23). The van der Waals surface area contributed by atoms with Crippen molar-refractivity contribution in [3.8, 4) is 0 Å². The Kier molecular flexibility index (Phi) is 5.59. The van der Waals surface area contributed by atoms with E-state index in [1.165, 1.54) is 16.7 Å². The summed E-state index contributed by atoms with van der Waals surface area (Å²) in [4.78, 5) is 14.1. The van der Waals surface area contributed by atoms with E-state index in [2.05, 4.69) is 49.2 Å². The van der Waals surface area contributed by atoms with Crippen molar-refractivity contribution in [2.45, 2.75) is 65.5 Å². The van der Waals surface area contributed by atoms with Crippen LogP contribution in [0.3, 0.4) is 0 Å². The predicted octanol–water partition coefficient (Wildman–Crippen LogP) is 3.87. The lowest BCUT2D eigenvalue weighted by Gasteiger charge is -2.30. The Morgan fingerprint density at radius 1 is 1.17 bits per heavy atom. The van der Waals surface area contributed by atoms with E-state index in [0.29, 0.717) is 6.54 Å². The summed E-state index contributed by atoms with van der Waals surface area (Å²) in [6.45, 7) is 15.8. The molecule has 0 radical (unpaired) electrons. The van der Waals surface area contributed by atoms with Gasteiger partial charge in [-0.25, -0.2) is 4.79 Å². The first kappa shape index (κ1) is 18.8. The zero-order chi connectivity index (χ0) is 18.0. The van der Waals surface area contributed by atoms with Gasteiger partial charge in [-0.05, 0) is 49.3 Å². The number of nitrogens with zero attached hydrogens (tertiary/aromatic N) is 1. The van der Waals surface area contributed by atoms with Crippen LogP contribution in [0, 0.1) is 0 Å². The minimum absolute atomic E-state index is 0.176. The second-order valence-electron chi connectivity index (χ2n) is 8.69. The highest BCUT2D eigenvalue weighted by molar-refractivity contribution is 5.67. The Morgan fingerprint density at radius 3 is 2.50 bits per heavy atom. The zero-order valence-electron chi connectivity index (χ0n) is 16.0. The van der Waals surface area contributed by atoms with Gasteiger partial charge in [-0.1, -0.05) is 39.0 Å². The molecule has 1 aromatic carbocycles. The first-order valence-corrected chi connectivity index (χ1v) is 8.86. The smallest absolute Gasteiger partial charge is 0.407 e. The summed E-state index contributed by atoms with van der Waals surface area (Å²) in [7, 11) is 0. The summed E-state index contributed by atoms with van der Waals surface area (Å²) in [5, 5.41) is 2.84. The summed E-state index contributed by atoms with van der Waals surface area (Å²) in [6, 6.07) is 6.90. The second-order valence-corrected chi connectivity index (χ2v) is 8.69. The molecule has 0 fully saturated rings. The van der Waals surface area contributed by atoms with Gasteiger partial charge in [0.1, 0.15) is 5.60 Å². The summed E-state index contributed by atoms with van der Waals surface area (Å²) < 4.78 is 5.27. The molecule has 0 aliphatic carbocycles. The Balaban J connectivity index is 1.87. The number of alkyl carbamates (subject to hydrolysis) is 1. The van der Waals surface area contributed by atoms with Crippen molar-refractivity contribution >= 4 is 6.09 Å². The predicted molar refractivity (Wildman–Crippen MR) is 98.4 cm³/mol. The molecular weight excluding hydrogens is 300 g/mol. The largest absolute Gasteiger partial charge is 0.444 e. The summed E-state index contributed by atoms with van der Waals surface area (Å²) in [6.07, 6.45) is 0.738. The van der Waals surface area contributed by atoms with Crippen molar-refractivity contribution in [1.82, 2.24) is 10.2 Å². The van der Waals surface area contributed by atoms with E-state index < -0.39 is 5.60 Å². The number of hydrogen-bond donors (Lipinski definition) is 1. The van der Waals surface area contributed by atoms with Crippen LogP contribution in [0.1, 0.15) is 58.2 Å². The average molecular weight is 332 g/mol. The molecule has 4 heteroatoms. The van der Waals surface area contributed by atoms with Gasteiger partial charge in [0.25, 0.3) is 0 Å². The highest BCUT2D eigenvalue weighted by atomic mass is 16.6. The van der Waals surface area contributed by atoms with Gasteiger partial charge in [0.05, 0.1) is 0 Å². The van der Waals surface area contributed by atoms with Gasteiger partial charge in [0, 0.05) is 26.2 Å². The Hall–Kier alpha value is -1.55. The SMILES string of the molecule is CC(C)(C)OC(=O)NCCN1CCc2ccc(C(C)(C)C)cc2C1. The molecule has 134 valence electrons. The van der Waals surface area contributed by atoms with Gasteiger partial charge < -0.3 is 10.1 Å². The molecule has 24 heavy (non-hydrogen) atoms. The topological polar surface area (TPSA) is 41.6 Å². The molecule has 0 saturated carbocycles. The molecule has 2 rings (SSSR count). The summed E-state index contributed by atoms with van der Waals surface area (Å²) in [5.41, 5.74) is 3.99. The molecule has 0 aromatic heterocycles. The normalized spacial score (nSPS) is 15.8. The summed E-state index contributed by atoms with van der Waals surface area (Å²) in [5.74, 6) is 0. The van der Waals surface area contributed by atoms with E-state index in [4.69, 9.17) is 4.74 Å².